The molecular formula is C55H78O26S. The maximum atomic E-state index is 11.9. The molecule has 6 aliphatic heterocycles. The molecule has 0 radical (unpaired) electrons. The molecule has 0 saturated carbocycles. The Bertz CT molecular complexity index is 2540. The predicted octanol–water partition coefficient (Wildman–Crippen LogP) is 1.06. The lowest BCUT2D eigenvalue weighted by Crippen LogP contribution is -2.74. The van der Waals surface area contributed by atoms with Gasteiger partial charge >= 0.3 is 10.4 Å². The second-order valence-electron chi connectivity index (χ2n) is 20.1. The fraction of sp³-hybridized carbons (Fsp3) is 0.636. The third-order valence-electron chi connectivity index (χ3n) is 14.8. The molecule has 0 spiro atoms. The maximum absolute atomic E-state index is 11.9. The van der Waals surface area contributed by atoms with E-state index in [1.165, 1.54) is 42.3 Å². The van der Waals surface area contributed by atoms with Crippen LogP contribution in [-0.4, -0.2) is 214 Å². The number of Topliss-reactive ketones (excluding diaryl/α,β-unsaturated/α-hetero) is 2. The Kier molecular flexibility index (Phi) is 24.1. The molecule has 6 N–H and O–H groups in total. The van der Waals surface area contributed by atoms with Crippen LogP contribution in [0.15, 0.2) is 91.0 Å². The average Bonchev–Trinajstić information content (AvgIpc) is 3.05. The Labute approximate surface area is 476 Å². The first kappa shape index (κ1) is 67.2. The highest BCUT2D eigenvalue weighted by atomic mass is 32.3. The number of hydrogen-bond acceptors (Lipinski definition) is 26. The van der Waals surface area contributed by atoms with Crippen LogP contribution in [0.4, 0.5) is 0 Å². The smallest absolute Gasteiger partial charge is 0.394 e. The summed E-state index contributed by atoms with van der Waals surface area (Å²) in [6.07, 6.45) is -15.0. The van der Waals surface area contributed by atoms with Crippen LogP contribution in [0.2, 0.25) is 0 Å². The molecule has 0 aromatic heterocycles. The van der Waals surface area contributed by atoms with E-state index in [0.29, 0.717) is 0 Å². The van der Waals surface area contributed by atoms with Crippen LogP contribution < -0.4 is 0 Å². The number of carbonyl (C=O) groups is 2. The van der Waals surface area contributed by atoms with Gasteiger partial charge < -0.3 is 97.0 Å². The van der Waals surface area contributed by atoms with E-state index in [1.807, 2.05) is 91.0 Å². The van der Waals surface area contributed by atoms with Crippen LogP contribution in [0, 0.1) is 0 Å². The lowest BCUT2D eigenvalue weighted by molar-refractivity contribution is -0.484. The molecule has 0 aliphatic carbocycles. The van der Waals surface area contributed by atoms with Gasteiger partial charge in [0.2, 0.25) is 23.1 Å². The molecule has 26 nitrogen and oxygen atoms in total. The number of ketones is 2. The van der Waals surface area contributed by atoms with E-state index < -0.39 is 132 Å². The zero-order valence-electron chi connectivity index (χ0n) is 47.3. The number of benzene rings is 3. The maximum Gasteiger partial charge on any atom is 0.400 e. The Morgan fingerprint density at radius 2 is 0.841 bits per heavy atom. The van der Waals surface area contributed by atoms with Gasteiger partial charge in [-0.25, -0.2) is 8.37 Å². The van der Waals surface area contributed by atoms with Gasteiger partial charge in [0.25, 0.3) is 0 Å². The average molecular weight is 1190 g/mol. The second-order valence-corrected chi connectivity index (χ2v) is 21.4. The van der Waals surface area contributed by atoms with Crippen molar-refractivity contribution in [3.8, 4) is 0 Å². The van der Waals surface area contributed by atoms with Gasteiger partial charge in [0.1, 0.15) is 73.2 Å². The van der Waals surface area contributed by atoms with Crippen LogP contribution in [0.5, 0.6) is 0 Å². The third-order valence-corrected chi connectivity index (χ3v) is 15.6. The molecule has 0 amide bonds. The van der Waals surface area contributed by atoms with Crippen molar-refractivity contribution in [1.29, 1.82) is 0 Å². The SMILES string of the molecule is CC(=O)C(C)=O.CO[C@]1(C)O[C@H]2[C@H](OCc3ccccc3)O[C@H](CO)[C@H](O)[C@@H]2O[C@@]1(C)OC.CO[C@]1(C)O[C@H]2[C@H]3OS(=O)(=O)OC[C@H]3O[C@@H](OCc3ccccc3)[C@@H]2O[C@@]1(C)OC.OC[C@H]1O[C@@H](OCc2ccccc2)[C@H](O)[C@@H](O)[C@H]1O. The van der Waals surface area contributed by atoms with E-state index in [0.717, 1.165) is 16.7 Å². The summed E-state index contributed by atoms with van der Waals surface area (Å²) in [5, 5.41) is 58.2. The van der Waals surface area contributed by atoms with Crippen molar-refractivity contribution in [3.05, 3.63) is 108 Å². The Balaban J connectivity index is 0.000000192. The van der Waals surface area contributed by atoms with Crippen molar-refractivity contribution in [3.63, 3.8) is 0 Å². The van der Waals surface area contributed by atoms with Crippen molar-refractivity contribution in [2.24, 2.45) is 0 Å². The molecule has 3 aromatic carbocycles. The van der Waals surface area contributed by atoms with Crippen molar-refractivity contribution in [2.45, 2.75) is 177 Å². The molecule has 6 heterocycles. The normalized spacial score (nSPS) is 38.2. The summed E-state index contributed by atoms with van der Waals surface area (Å²) in [7, 11) is 1.68. The van der Waals surface area contributed by atoms with Crippen LogP contribution >= 0.6 is 0 Å². The number of aliphatic hydroxyl groups excluding tert-OH is 6. The first-order chi connectivity index (χ1) is 38.8. The van der Waals surface area contributed by atoms with Gasteiger partial charge in [-0.15, -0.1) is 0 Å². The highest BCUT2D eigenvalue weighted by molar-refractivity contribution is 7.81. The summed E-state index contributed by atoms with van der Waals surface area (Å²) < 4.78 is 115. The molecule has 27 heteroatoms. The number of hydrogen-bond donors (Lipinski definition) is 6. The predicted molar refractivity (Wildman–Crippen MR) is 280 cm³/mol. The topological polar surface area (TPSA) is 337 Å². The van der Waals surface area contributed by atoms with Crippen LogP contribution in [0.25, 0.3) is 0 Å². The van der Waals surface area contributed by atoms with E-state index in [2.05, 4.69) is 0 Å². The van der Waals surface area contributed by atoms with E-state index in [4.69, 9.17) is 79.8 Å². The summed E-state index contributed by atoms with van der Waals surface area (Å²) in [5.41, 5.74) is 2.78. The van der Waals surface area contributed by atoms with E-state index in [9.17, 15) is 43.5 Å². The zero-order chi connectivity index (χ0) is 60.2. The largest absolute Gasteiger partial charge is 0.400 e. The van der Waals surface area contributed by atoms with Gasteiger partial charge in [-0.2, -0.15) is 8.42 Å². The minimum Gasteiger partial charge on any atom is -0.394 e. The zero-order valence-corrected chi connectivity index (χ0v) is 48.1. The minimum absolute atomic E-state index is 0.198. The van der Waals surface area contributed by atoms with Gasteiger partial charge in [0.15, 0.2) is 30.4 Å². The number of ether oxygens (including phenoxy) is 14. The van der Waals surface area contributed by atoms with Crippen LogP contribution in [-0.2, 0) is 114 Å². The highest BCUT2D eigenvalue weighted by Crippen LogP contribution is 2.47. The molecular weight excluding hydrogens is 1110 g/mol. The second kappa shape index (κ2) is 29.4. The number of rotatable bonds is 16. The molecule has 82 heavy (non-hydrogen) atoms. The molecule has 460 valence electrons. The molecule has 0 unspecified atom stereocenters. The first-order valence-corrected chi connectivity index (χ1v) is 27.6. The Morgan fingerprint density at radius 1 is 0.488 bits per heavy atom. The number of carbonyl (C=O) groups excluding carboxylic acids is 2. The highest BCUT2D eigenvalue weighted by Gasteiger charge is 2.65. The first-order valence-electron chi connectivity index (χ1n) is 26.2. The van der Waals surface area contributed by atoms with Crippen LogP contribution in [0.3, 0.4) is 0 Å². The molecule has 6 saturated heterocycles. The lowest BCUT2D eigenvalue weighted by Gasteiger charge is -2.57. The van der Waals surface area contributed by atoms with E-state index in [1.54, 1.807) is 27.7 Å². The molecule has 9 rings (SSSR count). The number of methoxy groups -OCH3 is 4. The standard InChI is InChI=1S/C19H26O10S.C19H28O8.C13H18O6.C4H6O2/c1-18(22-3)19(2,23-4)28-16-15(27-18)14-13(11-25-30(20,21)29-14)26-17(16)24-10-12-8-6-5-7-9-12;1-18(22-3)19(2,23-4)27-16-15(26-18)14(21)13(10-20)25-17(16)24-11-12-8-6-5-7-9-12;14-6-9-10(15)11(16)12(17)13(19-9)18-7-8-4-2-1-3-5-8;1-3(5)4(2)6/h5-9,13-17H,10-11H2,1-4H3;5-9,13-17,20-21H,10-11H2,1-4H3;1-5,9-17H,6-7H2;1-2H3/t2*13-,14+,15+,16-,17-,18-,19-;9-,10+,11+,12-,13-;/m111./s1. The van der Waals surface area contributed by atoms with Gasteiger partial charge in [0.05, 0.1) is 39.6 Å². The monoisotopic (exact) mass is 1190 g/mol. The summed E-state index contributed by atoms with van der Waals surface area (Å²) in [5.74, 6) is -5.96. The summed E-state index contributed by atoms with van der Waals surface area (Å²) in [6, 6.07) is 28.4. The van der Waals surface area contributed by atoms with Gasteiger partial charge in [-0.05, 0) is 44.4 Å². The fourth-order valence-electron chi connectivity index (χ4n) is 9.14. The minimum atomic E-state index is -4.18. The molecule has 0 bridgehead atoms. The van der Waals surface area contributed by atoms with Gasteiger partial charge in [-0.1, -0.05) is 91.0 Å². The van der Waals surface area contributed by atoms with E-state index in [-0.39, 0.29) is 44.6 Å². The number of fused-ring (bicyclic) bond motifs is 4. The van der Waals surface area contributed by atoms with Crippen LogP contribution in [0.1, 0.15) is 58.2 Å². The van der Waals surface area contributed by atoms with Gasteiger partial charge in [0, 0.05) is 42.3 Å². The lowest BCUT2D eigenvalue weighted by atomic mass is 9.94. The summed E-state index contributed by atoms with van der Waals surface area (Å²) in [6.45, 7) is 8.82. The van der Waals surface area contributed by atoms with Crippen molar-refractivity contribution >= 4 is 22.0 Å². The third kappa shape index (κ3) is 15.9. The van der Waals surface area contributed by atoms with E-state index >= 15 is 0 Å². The fourth-order valence-corrected chi connectivity index (χ4v) is 10.00. The summed E-state index contributed by atoms with van der Waals surface area (Å²) in [4.78, 5) is 19.6. The molecule has 19 atom stereocenters. The molecule has 6 fully saturated rings. The molecule has 3 aromatic rings. The Morgan fingerprint density at radius 3 is 1.24 bits per heavy atom. The molecule has 6 aliphatic rings. The van der Waals surface area contributed by atoms with Crippen molar-refractivity contribution in [2.75, 3.05) is 48.3 Å². The van der Waals surface area contributed by atoms with Gasteiger partial charge in [-0.3, -0.25) is 9.59 Å². The summed E-state index contributed by atoms with van der Waals surface area (Å²) >= 11 is 0. The number of aliphatic hydroxyl groups is 6. The Hall–Kier alpha value is -3.93. The quantitative estimate of drug-likeness (QED) is 0.109. The van der Waals surface area contributed by atoms with Crippen molar-refractivity contribution in [1.82, 2.24) is 0 Å². The van der Waals surface area contributed by atoms with Crippen molar-refractivity contribution < 1.29 is 123 Å².